The summed E-state index contributed by atoms with van der Waals surface area (Å²) in [5.74, 6) is 2.52. The maximum Gasteiger partial charge on any atom is 0.236 e. The standard InChI is InChI=1S/C10H16N2O2/c1-3-4-11-7-10(13)12-5-6-14-9(2)8-12/h1,9,11H,4-8H2,2H3. The number of terminal acetylenes is 1. The van der Waals surface area contributed by atoms with E-state index in [-0.39, 0.29) is 12.0 Å². The molecule has 78 valence electrons. The van der Waals surface area contributed by atoms with Crippen molar-refractivity contribution < 1.29 is 9.53 Å². The van der Waals surface area contributed by atoms with Gasteiger partial charge in [0, 0.05) is 13.1 Å². The van der Waals surface area contributed by atoms with E-state index in [9.17, 15) is 4.79 Å². The van der Waals surface area contributed by atoms with Crippen LogP contribution >= 0.6 is 0 Å². The summed E-state index contributed by atoms with van der Waals surface area (Å²) >= 11 is 0. The Hall–Kier alpha value is -1.05. The molecule has 0 radical (unpaired) electrons. The highest BCUT2D eigenvalue weighted by Gasteiger charge is 2.20. The second-order valence-corrected chi connectivity index (χ2v) is 3.33. The van der Waals surface area contributed by atoms with Gasteiger partial charge in [0.2, 0.25) is 5.91 Å². The van der Waals surface area contributed by atoms with E-state index in [1.807, 2.05) is 6.92 Å². The lowest BCUT2D eigenvalue weighted by atomic mass is 10.3. The number of nitrogens with one attached hydrogen (secondary N) is 1. The fourth-order valence-corrected chi connectivity index (χ4v) is 1.40. The van der Waals surface area contributed by atoms with Gasteiger partial charge >= 0.3 is 0 Å². The monoisotopic (exact) mass is 196 g/mol. The fourth-order valence-electron chi connectivity index (χ4n) is 1.40. The molecular weight excluding hydrogens is 180 g/mol. The first kappa shape index (κ1) is 11.0. The van der Waals surface area contributed by atoms with Crippen molar-refractivity contribution in [3.05, 3.63) is 0 Å². The molecule has 1 amide bonds. The third-order valence-corrected chi connectivity index (χ3v) is 2.10. The molecule has 14 heavy (non-hydrogen) atoms. The molecule has 4 nitrogen and oxygen atoms in total. The van der Waals surface area contributed by atoms with Crippen molar-refractivity contribution >= 4 is 5.91 Å². The Labute approximate surface area is 84.6 Å². The van der Waals surface area contributed by atoms with Crippen LogP contribution in [-0.4, -0.2) is 49.7 Å². The van der Waals surface area contributed by atoms with E-state index < -0.39 is 0 Å². The van der Waals surface area contributed by atoms with Gasteiger partial charge in [-0.1, -0.05) is 5.92 Å². The van der Waals surface area contributed by atoms with Crippen LogP contribution in [0, 0.1) is 12.3 Å². The van der Waals surface area contributed by atoms with Gasteiger partial charge in [0.25, 0.3) is 0 Å². The molecule has 1 aliphatic heterocycles. The summed E-state index contributed by atoms with van der Waals surface area (Å²) in [7, 11) is 0. The van der Waals surface area contributed by atoms with Gasteiger partial charge in [-0.3, -0.25) is 10.1 Å². The highest BCUT2D eigenvalue weighted by atomic mass is 16.5. The molecule has 0 aliphatic carbocycles. The molecule has 1 heterocycles. The molecular formula is C10H16N2O2. The number of hydrogen-bond acceptors (Lipinski definition) is 3. The summed E-state index contributed by atoms with van der Waals surface area (Å²) in [6, 6.07) is 0. The predicted molar refractivity (Wildman–Crippen MR) is 53.7 cm³/mol. The van der Waals surface area contributed by atoms with Gasteiger partial charge < -0.3 is 9.64 Å². The molecule has 4 heteroatoms. The van der Waals surface area contributed by atoms with Crippen LogP contribution in [0.3, 0.4) is 0 Å². The Kier molecular flexibility index (Phi) is 4.44. The first-order chi connectivity index (χ1) is 6.74. The van der Waals surface area contributed by atoms with Gasteiger partial charge in [-0.2, -0.15) is 0 Å². The zero-order chi connectivity index (χ0) is 10.4. The number of ether oxygens (including phenoxy) is 1. The maximum atomic E-state index is 11.6. The molecule has 1 saturated heterocycles. The minimum atomic E-state index is 0.0930. The second kappa shape index (κ2) is 5.63. The van der Waals surface area contributed by atoms with Crippen molar-refractivity contribution in [2.75, 3.05) is 32.8 Å². The van der Waals surface area contributed by atoms with E-state index in [1.54, 1.807) is 4.90 Å². The molecule has 0 spiro atoms. The van der Waals surface area contributed by atoms with E-state index in [0.717, 1.165) is 0 Å². The Balaban J connectivity index is 2.26. The summed E-state index contributed by atoms with van der Waals surface area (Å²) in [6.45, 7) is 4.70. The van der Waals surface area contributed by atoms with E-state index >= 15 is 0 Å². The van der Waals surface area contributed by atoms with Gasteiger partial charge in [-0.15, -0.1) is 6.42 Å². The summed E-state index contributed by atoms with van der Waals surface area (Å²) in [5.41, 5.74) is 0. The second-order valence-electron chi connectivity index (χ2n) is 3.33. The molecule has 1 aliphatic rings. The molecule has 0 saturated carbocycles. The highest BCUT2D eigenvalue weighted by molar-refractivity contribution is 5.78. The molecule has 1 fully saturated rings. The number of hydrogen-bond donors (Lipinski definition) is 1. The third-order valence-electron chi connectivity index (χ3n) is 2.10. The topological polar surface area (TPSA) is 41.6 Å². The van der Waals surface area contributed by atoms with Crippen molar-refractivity contribution in [2.45, 2.75) is 13.0 Å². The minimum absolute atomic E-state index is 0.0930. The average molecular weight is 196 g/mol. The van der Waals surface area contributed by atoms with Gasteiger partial charge in [0.05, 0.1) is 25.8 Å². The SMILES string of the molecule is C#CCNCC(=O)N1CCOC(C)C1. The smallest absolute Gasteiger partial charge is 0.236 e. The quantitative estimate of drug-likeness (QED) is 0.487. The average Bonchev–Trinajstić information content (AvgIpc) is 2.18. The lowest BCUT2D eigenvalue weighted by molar-refractivity contribution is -0.137. The van der Waals surface area contributed by atoms with Crippen LogP contribution in [-0.2, 0) is 9.53 Å². The molecule has 0 aromatic rings. The predicted octanol–water partition coefficient (Wildman–Crippen LogP) is -0.543. The van der Waals surface area contributed by atoms with Crippen LogP contribution in [0.1, 0.15) is 6.92 Å². The largest absolute Gasteiger partial charge is 0.375 e. The maximum absolute atomic E-state index is 11.6. The zero-order valence-electron chi connectivity index (χ0n) is 8.45. The Morgan fingerprint density at radius 1 is 1.79 bits per heavy atom. The lowest BCUT2D eigenvalue weighted by Gasteiger charge is -2.31. The van der Waals surface area contributed by atoms with Crippen LogP contribution in [0.2, 0.25) is 0 Å². The number of rotatable bonds is 3. The zero-order valence-corrected chi connectivity index (χ0v) is 8.45. The highest BCUT2D eigenvalue weighted by Crippen LogP contribution is 2.03. The van der Waals surface area contributed by atoms with Crippen molar-refractivity contribution in [3.8, 4) is 12.3 Å². The molecule has 0 aromatic heterocycles. The number of amides is 1. The van der Waals surface area contributed by atoms with Crippen LogP contribution in [0.15, 0.2) is 0 Å². The number of carbonyl (C=O) groups excluding carboxylic acids is 1. The number of morpholine rings is 1. The summed E-state index contributed by atoms with van der Waals surface area (Å²) in [6.07, 6.45) is 5.20. The van der Waals surface area contributed by atoms with Crippen molar-refractivity contribution in [3.63, 3.8) is 0 Å². The Bertz CT molecular complexity index is 235. The van der Waals surface area contributed by atoms with Crippen LogP contribution in [0.4, 0.5) is 0 Å². The Morgan fingerprint density at radius 2 is 2.57 bits per heavy atom. The molecule has 1 rings (SSSR count). The van der Waals surface area contributed by atoms with Gasteiger partial charge in [-0.05, 0) is 6.92 Å². The van der Waals surface area contributed by atoms with E-state index in [2.05, 4.69) is 11.2 Å². The van der Waals surface area contributed by atoms with Gasteiger partial charge in [0.1, 0.15) is 0 Å². The number of nitrogens with zero attached hydrogens (tertiary/aromatic N) is 1. The first-order valence-corrected chi connectivity index (χ1v) is 4.77. The van der Waals surface area contributed by atoms with E-state index in [0.29, 0.717) is 32.8 Å². The minimum Gasteiger partial charge on any atom is -0.375 e. The summed E-state index contributed by atoms with van der Waals surface area (Å²) in [5, 5.41) is 2.88. The molecule has 1 N–H and O–H groups in total. The molecule has 0 bridgehead atoms. The fraction of sp³-hybridized carbons (Fsp3) is 0.700. The van der Waals surface area contributed by atoms with Gasteiger partial charge in [-0.25, -0.2) is 0 Å². The molecule has 0 aromatic carbocycles. The summed E-state index contributed by atoms with van der Waals surface area (Å²) < 4.78 is 5.34. The van der Waals surface area contributed by atoms with Crippen molar-refractivity contribution in [2.24, 2.45) is 0 Å². The van der Waals surface area contributed by atoms with Crippen LogP contribution in [0.25, 0.3) is 0 Å². The van der Waals surface area contributed by atoms with Gasteiger partial charge in [0.15, 0.2) is 0 Å². The normalized spacial score (nSPS) is 21.7. The molecule has 1 unspecified atom stereocenters. The summed E-state index contributed by atoms with van der Waals surface area (Å²) in [4.78, 5) is 13.4. The van der Waals surface area contributed by atoms with E-state index in [4.69, 9.17) is 11.2 Å². The van der Waals surface area contributed by atoms with Crippen LogP contribution in [0.5, 0.6) is 0 Å². The number of carbonyl (C=O) groups is 1. The van der Waals surface area contributed by atoms with Crippen LogP contribution < -0.4 is 5.32 Å². The first-order valence-electron chi connectivity index (χ1n) is 4.77. The Morgan fingerprint density at radius 3 is 3.21 bits per heavy atom. The third kappa shape index (κ3) is 3.36. The van der Waals surface area contributed by atoms with Crippen molar-refractivity contribution in [1.82, 2.24) is 10.2 Å². The van der Waals surface area contributed by atoms with Crippen molar-refractivity contribution in [1.29, 1.82) is 0 Å². The van der Waals surface area contributed by atoms with E-state index in [1.165, 1.54) is 0 Å². The lowest BCUT2D eigenvalue weighted by Crippen LogP contribution is -2.47. The molecule has 1 atom stereocenters.